The number of aromatic nitrogens is 4. The molecule has 0 radical (unpaired) electrons. The molecule has 1 atom stereocenters. The molecule has 1 N–H and O–H groups in total. The highest BCUT2D eigenvalue weighted by atomic mass is 16.5. The van der Waals surface area contributed by atoms with Gasteiger partial charge in [0.25, 0.3) is 0 Å². The number of nitrogens with one attached hydrogen (secondary N) is 1. The van der Waals surface area contributed by atoms with Gasteiger partial charge in [0.15, 0.2) is 5.82 Å². The van der Waals surface area contributed by atoms with E-state index in [-0.39, 0.29) is 6.04 Å². The van der Waals surface area contributed by atoms with Crippen molar-refractivity contribution in [3.05, 3.63) is 30.6 Å². The molecular formula is C17H19N5O2. The molecule has 1 fully saturated rings. The monoisotopic (exact) mass is 325 g/mol. The number of morpholine rings is 1. The average Bonchev–Trinajstić information content (AvgIpc) is 3.10. The van der Waals surface area contributed by atoms with E-state index in [4.69, 9.17) is 14.5 Å². The maximum Gasteiger partial charge on any atom is 0.218 e. The van der Waals surface area contributed by atoms with Crippen LogP contribution in [0.1, 0.15) is 6.92 Å². The van der Waals surface area contributed by atoms with Gasteiger partial charge in [0, 0.05) is 36.0 Å². The fourth-order valence-electron chi connectivity index (χ4n) is 3.01. The highest BCUT2D eigenvalue weighted by molar-refractivity contribution is 5.91. The van der Waals surface area contributed by atoms with Gasteiger partial charge in [-0.3, -0.25) is 0 Å². The van der Waals surface area contributed by atoms with Crippen molar-refractivity contribution in [2.75, 3.05) is 31.8 Å². The lowest BCUT2D eigenvalue weighted by molar-refractivity contribution is 0.0985. The van der Waals surface area contributed by atoms with E-state index in [1.165, 1.54) is 0 Å². The molecule has 4 rings (SSSR count). The summed E-state index contributed by atoms with van der Waals surface area (Å²) in [5.74, 6) is 2.04. The van der Waals surface area contributed by atoms with Crippen molar-refractivity contribution in [1.29, 1.82) is 0 Å². The van der Waals surface area contributed by atoms with Crippen molar-refractivity contribution in [3.8, 4) is 17.3 Å². The largest absolute Gasteiger partial charge is 0.481 e. The van der Waals surface area contributed by atoms with E-state index in [2.05, 4.69) is 26.8 Å². The molecule has 1 aliphatic rings. The number of pyridine rings is 1. The number of nitrogens with zero attached hydrogens (tertiary/aromatic N) is 4. The average molecular weight is 325 g/mol. The summed E-state index contributed by atoms with van der Waals surface area (Å²) in [6.07, 6.45) is 3.63. The number of H-pyrrole nitrogens is 1. The van der Waals surface area contributed by atoms with Crippen LogP contribution in [-0.2, 0) is 4.74 Å². The normalized spacial score (nSPS) is 18.1. The lowest BCUT2D eigenvalue weighted by atomic mass is 10.1. The van der Waals surface area contributed by atoms with Crippen LogP contribution in [0.15, 0.2) is 30.6 Å². The molecule has 3 aromatic heterocycles. The summed E-state index contributed by atoms with van der Waals surface area (Å²) < 4.78 is 10.9. The Hall–Kier alpha value is -2.67. The van der Waals surface area contributed by atoms with Gasteiger partial charge >= 0.3 is 0 Å². The first-order chi connectivity index (χ1) is 11.8. The fourth-order valence-corrected chi connectivity index (χ4v) is 3.01. The molecule has 0 saturated carbocycles. The first-order valence-electron chi connectivity index (χ1n) is 7.96. The smallest absolute Gasteiger partial charge is 0.218 e. The predicted molar refractivity (Wildman–Crippen MR) is 91.3 cm³/mol. The second-order valence-corrected chi connectivity index (χ2v) is 5.81. The Balaban J connectivity index is 1.84. The molecule has 7 nitrogen and oxygen atoms in total. The number of ether oxygens (including phenoxy) is 2. The molecule has 0 unspecified atom stereocenters. The van der Waals surface area contributed by atoms with Crippen molar-refractivity contribution in [1.82, 2.24) is 19.9 Å². The molecule has 0 bridgehead atoms. The van der Waals surface area contributed by atoms with E-state index in [0.717, 1.165) is 29.0 Å². The zero-order chi connectivity index (χ0) is 16.5. The number of methoxy groups -OCH3 is 1. The highest BCUT2D eigenvalue weighted by Gasteiger charge is 2.22. The molecular weight excluding hydrogens is 306 g/mol. The van der Waals surface area contributed by atoms with E-state index in [1.54, 1.807) is 13.3 Å². The van der Waals surface area contributed by atoms with Gasteiger partial charge in [-0.05, 0) is 19.1 Å². The summed E-state index contributed by atoms with van der Waals surface area (Å²) in [4.78, 5) is 19.0. The summed E-state index contributed by atoms with van der Waals surface area (Å²) in [7, 11) is 1.62. The second-order valence-electron chi connectivity index (χ2n) is 5.81. The minimum absolute atomic E-state index is 0.260. The van der Waals surface area contributed by atoms with Crippen LogP contribution in [0.3, 0.4) is 0 Å². The summed E-state index contributed by atoms with van der Waals surface area (Å²) in [5.41, 5.74) is 1.75. The van der Waals surface area contributed by atoms with Gasteiger partial charge < -0.3 is 19.4 Å². The summed E-state index contributed by atoms with van der Waals surface area (Å²) in [6.45, 7) is 4.32. The molecule has 24 heavy (non-hydrogen) atoms. The van der Waals surface area contributed by atoms with Gasteiger partial charge in [0.05, 0.1) is 26.4 Å². The zero-order valence-electron chi connectivity index (χ0n) is 13.7. The quantitative estimate of drug-likeness (QED) is 0.796. The van der Waals surface area contributed by atoms with Crippen LogP contribution in [0, 0.1) is 0 Å². The Morgan fingerprint density at radius 1 is 1.33 bits per heavy atom. The van der Waals surface area contributed by atoms with Gasteiger partial charge in [-0.1, -0.05) is 0 Å². The van der Waals surface area contributed by atoms with E-state index in [1.807, 2.05) is 24.4 Å². The van der Waals surface area contributed by atoms with Gasteiger partial charge in [-0.15, -0.1) is 0 Å². The van der Waals surface area contributed by atoms with Crippen LogP contribution in [0.5, 0.6) is 5.88 Å². The van der Waals surface area contributed by atoms with Crippen LogP contribution >= 0.6 is 0 Å². The third-order valence-electron chi connectivity index (χ3n) is 4.26. The van der Waals surface area contributed by atoms with E-state index in [9.17, 15) is 0 Å². The highest BCUT2D eigenvalue weighted by Crippen LogP contribution is 2.29. The Kier molecular flexibility index (Phi) is 3.78. The summed E-state index contributed by atoms with van der Waals surface area (Å²) >= 11 is 0. The molecule has 4 heterocycles. The van der Waals surface area contributed by atoms with Crippen molar-refractivity contribution >= 4 is 16.9 Å². The number of fused-ring (bicyclic) bond motifs is 1. The summed E-state index contributed by atoms with van der Waals surface area (Å²) in [5, 5.41) is 0.992. The number of hydrogen-bond acceptors (Lipinski definition) is 6. The van der Waals surface area contributed by atoms with Gasteiger partial charge in [-0.25, -0.2) is 9.97 Å². The maximum atomic E-state index is 5.52. The number of anilines is 1. The van der Waals surface area contributed by atoms with E-state index >= 15 is 0 Å². The van der Waals surface area contributed by atoms with Crippen LogP contribution in [0.2, 0.25) is 0 Å². The third kappa shape index (κ3) is 2.56. The van der Waals surface area contributed by atoms with Crippen LogP contribution in [0.4, 0.5) is 5.82 Å². The van der Waals surface area contributed by atoms with Crippen molar-refractivity contribution < 1.29 is 9.47 Å². The number of hydrogen-bond donors (Lipinski definition) is 1. The molecule has 0 aromatic carbocycles. The van der Waals surface area contributed by atoms with Crippen LogP contribution in [0.25, 0.3) is 22.4 Å². The standard InChI is InChI=1S/C17H19N5O2/c1-11-10-24-8-7-22(11)14-9-15(23-2)21-17(20-14)13-4-6-19-16-12(13)3-5-18-16/h3-6,9,11H,7-8,10H2,1-2H3,(H,18,19)/t11-/m1/s1. The molecule has 0 amide bonds. The van der Waals surface area contributed by atoms with Crippen LogP contribution in [-0.4, -0.2) is 52.8 Å². The molecule has 0 spiro atoms. The van der Waals surface area contributed by atoms with Crippen molar-refractivity contribution in [2.45, 2.75) is 13.0 Å². The first-order valence-corrected chi connectivity index (χ1v) is 7.96. The summed E-state index contributed by atoms with van der Waals surface area (Å²) in [6, 6.07) is 6.05. The second kappa shape index (κ2) is 6.09. The number of rotatable bonds is 3. The molecule has 7 heteroatoms. The van der Waals surface area contributed by atoms with E-state index < -0.39 is 0 Å². The van der Waals surface area contributed by atoms with Crippen molar-refractivity contribution in [3.63, 3.8) is 0 Å². The zero-order valence-corrected chi connectivity index (χ0v) is 13.7. The molecule has 1 aliphatic heterocycles. The van der Waals surface area contributed by atoms with E-state index in [0.29, 0.717) is 24.9 Å². The maximum absolute atomic E-state index is 5.52. The Bertz CT molecular complexity index is 863. The van der Waals surface area contributed by atoms with Gasteiger partial charge in [0.1, 0.15) is 11.5 Å². The Morgan fingerprint density at radius 3 is 3.08 bits per heavy atom. The SMILES string of the molecule is COc1cc(N2CCOC[C@H]2C)nc(-c2ccnc3[nH]ccc23)n1. The third-order valence-corrected chi connectivity index (χ3v) is 4.26. The van der Waals surface area contributed by atoms with Gasteiger partial charge in [-0.2, -0.15) is 4.98 Å². The molecule has 1 saturated heterocycles. The molecule has 124 valence electrons. The Labute approximate surface area is 139 Å². The minimum Gasteiger partial charge on any atom is -0.481 e. The number of aromatic amines is 1. The lowest BCUT2D eigenvalue weighted by Gasteiger charge is -2.34. The lowest BCUT2D eigenvalue weighted by Crippen LogP contribution is -2.44. The van der Waals surface area contributed by atoms with Crippen LogP contribution < -0.4 is 9.64 Å². The topological polar surface area (TPSA) is 76.2 Å². The first kappa shape index (κ1) is 14.9. The van der Waals surface area contributed by atoms with Crippen molar-refractivity contribution in [2.24, 2.45) is 0 Å². The fraction of sp³-hybridized carbons (Fsp3) is 0.353. The minimum atomic E-state index is 0.260. The Morgan fingerprint density at radius 2 is 2.25 bits per heavy atom. The predicted octanol–water partition coefficient (Wildman–Crippen LogP) is 2.25. The molecule has 3 aromatic rings. The molecule has 0 aliphatic carbocycles. The van der Waals surface area contributed by atoms with Gasteiger partial charge in [0.2, 0.25) is 5.88 Å².